The SMILES string of the molecule is CCOC(=O)/C(=C/CC/C(C)=C/CC/C(C)=C/COC(C)=O)CCC=C(C)C. The highest BCUT2D eigenvalue weighted by atomic mass is 16.5. The Hall–Kier alpha value is -2.10. The van der Waals surface area contributed by atoms with Gasteiger partial charge in [-0.05, 0) is 79.2 Å². The molecular formula is C24H38O4. The molecule has 0 aliphatic heterocycles. The van der Waals surface area contributed by atoms with Gasteiger partial charge < -0.3 is 9.47 Å². The zero-order chi connectivity index (χ0) is 21.4. The maximum Gasteiger partial charge on any atom is 0.333 e. The van der Waals surface area contributed by atoms with Gasteiger partial charge in [-0.3, -0.25) is 4.79 Å². The smallest absolute Gasteiger partial charge is 0.333 e. The maximum atomic E-state index is 12.1. The molecule has 0 spiro atoms. The van der Waals surface area contributed by atoms with E-state index in [9.17, 15) is 9.59 Å². The van der Waals surface area contributed by atoms with Gasteiger partial charge in [-0.15, -0.1) is 0 Å². The van der Waals surface area contributed by atoms with Gasteiger partial charge in [0, 0.05) is 12.5 Å². The Kier molecular flexibility index (Phi) is 14.7. The lowest BCUT2D eigenvalue weighted by Gasteiger charge is -2.07. The lowest BCUT2D eigenvalue weighted by Crippen LogP contribution is -2.07. The Morgan fingerprint density at radius 3 is 1.86 bits per heavy atom. The molecule has 0 unspecified atom stereocenters. The van der Waals surface area contributed by atoms with Crippen molar-refractivity contribution in [1.82, 2.24) is 0 Å². The Bertz CT molecular complexity index is 602. The first-order chi connectivity index (χ1) is 13.3. The number of hydrogen-bond acceptors (Lipinski definition) is 4. The van der Waals surface area contributed by atoms with Crippen LogP contribution in [0.4, 0.5) is 0 Å². The fourth-order valence-electron chi connectivity index (χ4n) is 2.55. The van der Waals surface area contributed by atoms with Crippen LogP contribution in [0.15, 0.2) is 46.6 Å². The van der Waals surface area contributed by atoms with E-state index in [0.29, 0.717) is 13.2 Å². The van der Waals surface area contributed by atoms with Gasteiger partial charge in [0.1, 0.15) is 6.61 Å². The summed E-state index contributed by atoms with van der Waals surface area (Å²) in [7, 11) is 0. The Morgan fingerprint density at radius 2 is 1.29 bits per heavy atom. The third-order valence-electron chi connectivity index (χ3n) is 4.18. The average Bonchev–Trinajstić information content (AvgIpc) is 2.60. The van der Waals surface area contributed by atoms with Gasteiger partial charge in [-0.2, -0.15) is 0 Å². The standard InChI is InChI=1S/C24H38O4/c1-7-27-24(26)23(15-8-11-19(2)3)16-10-14-20(4)12-9-13-21(5)17-18-28-22(6)25/h11-12,16-17H,7-10,13-15,18H2,1-6H3/b20-12+,21-17+,23-16+. The molecule has 4 heteroatoms. The van der Waals surface area contributed by atoms with E-state index in [0.717, 1.165) is 44.1 Å². The highest BCUT2D eigenvalue weighted by molar-refractivity contribution is 5.88. The van der Waals surface area contributed by atoms with Crippen LogP contribution in [-0.2, 0) is 19.1 Å². The van der Waals surface area contributed by atoms with Gasteiger partial charge in [0.25, 0.3) is 0 Å². The first-order valence-corrected chi connectivity index (χ1v) is 10.2. The van der Waals surface area contributed by atoms with E-state index in [1.54, 1.807) is 0 Å². The summed E-state index contributed by atoms with van der Waals surface area (Å²) in [6, 6.07) is 0. The minimum atomic E-state index is -0.254. The minimum Gasteiger partial charge on any atom is -0.463 e. The van der Waals surface area contributed by atoms with Gasteiger partial charge in [0.05, 0.1) is 6.61 Å². The highest BCUT2D eigenvalue weighted by Crippen LogP contribution is 2.15. The molecule has 0 N–H and O–H groups in total. The lowest BCUT2D eigenvalue weighted by molar-refractivity contribution is -0.140. The molecule has 0 amide bonds. The first kappa shape index (κ1) is 25.9. The molecule has 4 nitrogen and oxygen atoms in total. The normalized spacial score (nSPS) is 12.6. The van der Waals surface area contributed by atoms with Gasteiger partial charge in [0.15, 0.2) is 0 Å². The molecule has 0 saturated heterocycles. The van der Waals surface area contributed by atoms with Crippen LogP contribution >= 0.6 is 0 Å². The molecule has 0 aliphatic carbocycles. The third-order valence-corrected chi connectivity index (χ3v) is 4.18. The van der Waals surface area contributed by atoms with Crippen LogP contribution in [0.1, 0.15) is 80.1 Å². The van der Waals surface area contributed by atoms with Crippen LogP contribution in [-0.4, -0.2) is 25.2 Å². The van der Waals surface area contributed by atoms with Crippen LogP contribution in [0.25, 0.3) is 0 Å². The summed E-state index contributed by atoms with van der Waals surface area (Å²) in [5, 5.41) is 0. The largest absolute Gasteiger partial charge is 0.463 e. The number of rotatable bonds is 13. The average molecular weight is 391 g/mol. The quantitative estimate of drug-likeness (QED) is 0.212. The monoisotopic (exact) mass is 390 g/mol. The summed E-state index contributed by atoms with van der Waals surface area (Å²) in [6.07, 6.45) is 13.6. The van der Waals surface area contributed by atoms with E-state index in [1.807, 2.05) is 26.0 Å². The molecule has 0 fully saturated rings. The van der Waals surface area contributed by atoms with Crippen molar-refractivity contribution in [2.24, 2.45) is 0 Å². The fraction of sp³-hybridized carbons (Fsp3) is 0.583. The number of hydrogen-bond donors (Lipinski definition) is 0. The number of carbonyl (C=O) groups excluding carboxylic acids is 2. The van der Waals surface area contributed by atoms with Crippen molar-refractivity contribution in [3.8, 4) is 0 Å². The lowest BCUT2D eigenvalue weighted by atomic mass is 10.0. The molecule has 0 bridgehead atoms. The Balaban J connectivity index is 4.49. The minimum absolute atomic E-state index is 0.195. The predicted molar refractivity (Wildman–Crippen MR) is 116 cm³/mol. The first-order valence-electron chi connectivity index (χ1n) is 10.2. The molecule has 0 aromatic rings. The molecule has 28 heavy (non-hydrogen) atoms. The summed E-state index contributed by atoms with van der Waals surface area (Å²) in [6.45, 7) is 12.3. The second kappa shape index (κ2) is 15.9. The highest BCUT2D eigenvalue weighted by Gasteiger charge is 2.09. The van der Waals surface area contributed by atoms with Crippen molar-refractivity contribution in [1.29, 1.82) is 0 Å². The van der Waals surface area contributed by atoms with E-state index in [4.69, 9.17) is 9.47 Å². The van der Waals surface area contributed by atoms with Crippen molar-refractivity contribution in [2.75, 3.05) is 13.2 Å². The Morgan fingerprint density at radius 1 is 0.714 bits per heavy atom. The van der Waals surface area contributed by atoms with E-state index in [-0.39, 0.29) is 11.9 Å². The zero-order valence-corrected chi connectivity index (χ0v) is 18.6. The van der Waals surface area contributed by atoms with E-state index < -0.39 is 0 Å². The molecule has 0 saturated carbocycles. The second-order valence-corrected chi connectivity index (χ2v) is 7.25. The van der Waals surface area contributed by atoms with Gasteiger partial charge in [-0.25, -0.2) is 4.79 Å². The number of allylic oxidation sites excluding steroid dienone is 6. The van der Waals surface area contributed by atoms with Crippen LogP contribution in [0, 0.1) is 0 Å². The second-order valence-electron chi connectivity index (χ2n) is 7.25. The van der Waals surface area contributed by atoms with Crippen molar-refractivity contribution >= 4 is 11.9 Å². The summed E-state index contributed by atoms with van der Waals surface area (Å²) in [4.78, 5) is 22.9. The summed E-state index contributed by atoms with van der Waals surface area (Å²) >= 11 is 0. The molecule has 0 heterocycles. The van der Waals surface area contributed by atoms with Crippen molar-refractivity contribution in [3.05, 3.63) is 46.6 Å². The number of ether oxygens (including phenoxy) is 2. The van der Waals surface area contributed by atoms with Crippen molar-refractivity contribution in [3.63, 3.8) is 0 Å². The molecule has 0 radical (unpaired) electrons. The molecule has 0 aromatic heterocycles. The molecular weight excluding hydrogens is 352 g/mol. The summed E-state index contributed by atoms with van der Waals surface area (Å²) in [5.74, 6) is -0.448. The van der Waals surface area contributed by atoms with Gasteiger partial charge in [0.2, 0.25) is 0 Å². The van der Waals surface area contributed by atoms with Gasteiger partial charge >= 0.3 is 11.9 Å². The zero-order valence-electron chi connectivity index (χ0n) is 18.6. The van der Waals surface area contributed by atoms with Crippen LogP contribution in [0.5, 0.6) is 0 Å². The van der Waals surface area contributed by atoms with Crippen molar-refractivity contribution in [2.45, 2.75) is 80.1 Å². The van der Waals surface area contributed by atoms with E-state index in [1.165, 1.54) is 23.6 Å². The van der Waals surface area contributed by atoms with Crippen molar-refractivity contribution < 1.29 is 19.1 Å². The number of carbonyl (C=O) groups is 2. The summed E-state index contributed by atoms with van der Waals surface area (Å²) in [5.41, 5.74) is 4.57. The topological polar surface area (TPSA) is 52.6 Å². The molecule has 0 rings (SSSR count). The van der Waals surface area contributed by atoms with Crippen LogP contribution < -0.4 is 0 Å². The molecule has 0 aliphatic rings. The molecule has 158 valence electrons. The molecule has 0 aromatic carbocycles. The third kappa shape index (κ3) is 15.0. The van der Waals surface area contributed by atoms with Crippen LogP contribution in [0.3, 0.4) is 0 Å². The predicted octanol–water partition coefficient (Wildman–Crippen LogP) is 6.24. The Labute approximate surface area is 171 Å². The number of esters is 2. The van der Waals surface area contributed by atoms with Crippen LogP contribution in [0.2, 0.25) is 0 Å². The molecule has 0 atom stereocenters. The fourth-order valence-corrected chi connectivity index (χ4v) is 2.55. The van der Waals surface area contributed by atoms with Gasteiger partial charge in [-0.1, -0.05) is 34.9 Å². The van der Waals surface area contributed by atoms with E-state index in [2.05, 4.69) is 32.9 Å². The maximum absolute atomic E-state index is 12.1. The van der Waals surface area contributed by atoms with E-state index >= 15 is 0 Å². The summed E-state index contributed by atoms with van der Waals surface area (Å²) < 4.78 is 10.1.